The van der Waals surface area contributed by atoms with E-state index in [0.717, 1.165) is 60.7 Å². The van der Waals surface area contributed by atoms with Crippen LogP contribution in [0.5, 0.6) is 11.5 Å². The van der Waals surface area contributed by atoms with Crippen molar-refractivity contribution in [2.75, 3.05) is 41.4 Å². The standard InChI is InChI=1S/C22H30N4O2S/c1-23-22(26(2)11-9-18-8-6-12-29-18)24-10-5-7-16-13-19-20(25-16)14-17(27-3)15-21(19)28-4/h6,8,12-15,25H,5,7,9-11H2,1-4H3,(H,23,24). The first kappa shape index (κ1) is 21.0. The van der Waals surface area contributed by atoms with Gasteiger partial charge in [0.2, 0.25) is 0 Å². The monoisotopic (exact) mass is 414 g/mol. The predicted molar refractivity (Wildman–Crippen MR) is 122 cm³/mol. The Hall–Kier alpha value is -2.67. The second kappa shape index (κ2) is 10.2. The highest BCUT2D eigenvalue weighted by Crippen LogP contribution is 2.31. The number of nitrogens with one attached hydrogen (secondary N) is 2. The molecule has 7 heteroatoms. The number of guanidine groups is 1. The zero-order chi connectivity index (χ0) is 20.6. The molecule has 0 radical (unpaired) electrons. The van der Waals surface area contributed by atoms with Gasteiger partial charge in [0.1, 0.15) is 11.5 Å². The number of rotatable bonds is 9. The molecule has 0 spiro atoms. The summed E-state index contributed by atoms with van der Waals surface area (Å²) in [6.07, 6.45) is 2.99. The fourth-order valence-corrected chi connectivity index (χ4v) is 4.06. The van der Waals surface area contributed by atoms with E-state index in [1.54, 1.807) is 25.6 Å². The second-order valence-corrected chi connectivity index (χ2v) is 7.95. The number of thiophene rings is 1. The Labute approximate surface area is 176 Å². The van der Waals surface area contributed by atoms with E-state index in [-0.39, 0.29) is 0 Å². The molecule has 0 aliphatic rings. The highest BCUT2D eigenvalue weighted by atomic mass is 32.1. The molecule has 0 aliphatic carbocycles. The van der Waals surface area contributed by atoms with Gasteiger partial charge in [0.25, 0.3) is 0 Å². The van der Waals surface area contributed by atoms with Crippen LogP contribution in [0.3, 0.4) is 0 Å². The molecule has 0 saturated carbocycles. The van der Waals surface area contributed by atoms with E-state index in [0.29, 0.717) is 0 Å². The topological polar surface area (TPSA) is 61.9 Å². The van der Waals surface area contributed by atoms with Gasteiger partial charge in [0.15, 0.2) is 5.96 Å². The summed E-state index contributed by atoms with van der Waals surface area (Å²) in [6, 6.07) is 10.4. The maximum Gasteiger partial charge on any atom is 0.193 e. The van der Waals surface area contributed by atoms with Gasteiger partial charge < -0.3 is 24.7 Å². The number of ether oxygens (including phenoxy) is 2. The molecule has 2 N–H and O–H groups in total. The number of aliphatic imine (C=N–C) groups is 1. The molecule has 0 atom stereocenters. The van der Waals surface area contributed by atoms with Crippen LogP contribution in [0.25, 0.3) is 10.9 Å². The van der Waals surface area contributed by atoms with Gasteiger partial charge in [-0.25, -0.2) is 0 Å². The molecule has 6 nitrogen and oxygen atoms in total. The smallest absolute Gasteiger partial charge is 0.193 e. The van der Waals surface area contributed by atoms with Crippen LogP contribution in [-0.4, -0.2) is 57.2 Å². The van der Waals surface area contributed by atoms with Gasteiger partial charge in [0.05, 0.1) is 19.7 Å². The molecular formula is C22H30N4O2S. The van der Waals surface area contributed by atoms with Crippen molar-refractivity contribution in [2.24, 2.45) is 4.99 Å². The van der Waals surface area contributed by atoms with Crippen molar-refractivity contribution in [2.45, 2.75) is 19.3 Å². The Kier molecular flexibility index (Phi) is 7.41. The summed E-state index contributed by atoms with van der Waals surface area (Å²) in [7, 11) is 7.27. The summed E-state index contributed by atoms with van der Waals surface area (Å²) < 4.78 is 10.8. The number of benzene rings is 1. The molecule has 0 unspecified atom stereocenters. The van der Waals surface area contributed by atoms with E-state index in [2.05, 4.69) is 50.8 Å². The number of hydrogen-bond acceptors (Lipinski definition) is 4. The molecule has 3 aromatic rings. The average Bonchev–Trinajstić information content (AvgIpc) is 3.40. The van der Waals surface area contributed by atoms with E-state index in [1.807, 2.05) is 19.2 Å². The number of hydrogen-bond donors (Lipinski definition) is 2. The maximum atomic E-state index is 5.50. The fourth-order valence-electron chi connectivity index (χ4n) is 3.36. The van der Waals surface area contributed by atoms with Crippen molar-refractivity contribution >= 4 is 28.2 Å². The minimum absolute atomic E-state index is 0.791. The summed E-state index contributed by atoms with van der Waals surface area (Å²) in [4.78, 5) is 11.5. The molecule has 0 saturated heterocycles. The van der Waals surface area contributed by atoms with Crippen LogP contribution < -0.4 is 14.8 Å². The predicted octanol–water partition coefficient (Wildman–Crippen LogP) is 3.93. The largest absolute Gasteiger partial charge is 0.497 e. The van der Waals surface area contributed by atoms with Crippen LogP contribution in [0.15, 0.2) is 40.7 Å². The van der Waals surface area contributed by atoms with E-state index < -0.39 is 0 Å². The van der Waals surface area contributed by atoms with Crippen molar-refractivity contribution in [1.29, 1.82) is 0 Å². The van der Waals surface area contributed by atoms with Crippen LogP contribution >= 0.6 is 11.3 Å². The normalized spacial score (nSPS) is 11.7. The lowest BCUT2D eigenvalue weighted by Gasteiger charge is -2.21. The highest BCUT2D eigenvalue weighted by Gasteiger charge is 2.10. The van der Waals surface area contributed by atoms with Gasteiger partial charge in [-0.1, -0.05) is 6.07 Å². The minimum atomic E-state index is 0.791. The Morgan fingerprint density at radius 2 is 2.07 bits per heavy atom. The molecule has 3 rings (SSSR count). The molecule has 29 heavy (non-hydrogen) atoms. The Morgan fingerprint density at radius 1 is 1.21 bits per heavy atom. The summed E-state index contributed by atoms with van der Waals surface area (Å²) in [5.74, 6) is 2.55. The zero-order valence-corrected chi connectivity index (χ0v) is 18.4. The first-order valence-corrected chi connectivity index (χ1v) is 10.7. The molecule has 2 heterocycles. The van der Waals surface area contributed by atoms with E-state index >= 15 is 0 Å². The second-order valence-electron chi connectivity index (χ2n) is 6.91. The van der Waals surface area contributed by atoms with Gasteiger partial charge >= 0.3 is 0 Å². The SMILES string of the molecule is CN=C(NCCCc1cc2c(OC)cc(OC)cc2[nH]1)N(C)CCc1cccs1. The van der Waals surface area contributed by atoms with Gasteiger partial charge in [-0.2, -0.15) is 0 Å². The van der Waals surface area contributed by atoms with Crippen LogP contribution in [0, 0.1) is 0 Å². The third-order valence-electron chi connectivity index (χ3n) is 4.94. The number of aromatic amines is 1. The molecule has 0 amide bonds. The number of likely N-dealkylation sites (N-methyl/N-ethyl adjacent to an activating group) is 1. The average molecular weight is 415 g/mol. The minimum Gasteiger partial charge on any atom is -0.497 e. The van der Waals surface area contributed by atoms with Crippen molar-refractivity contribution in [3.63, 3.8) is 0 Å². The quantitative estimate of drug-likeness (QED) is 0.316. The molecule has 0 bridgehead atoms. The Balaban J connectivity index is 1.50. The molecule has 0 fully saturated rings. The third kappa shape index (κ3) is 5.44. The summed E-state index contributed by atoms with van der Waals surface area (Å²) in [5.41, 5.74) is 2.22. The Bertz CT molecular complexity index is 934. The number of H-pyrrole nitrogens is 1. The van der Waals surface area contributed by atoms with Crippen molar-refractivity contribution in [3.05, 3.63) is 46.3 Å². The number of nitrogens with zero attached hydrogens (tertiary/aromatic N) is 2. The summed E-state index contributed by atoms with van der Waals surface area (Å²) >= 11 is 1.80. The van der Waals surface area contributed by atoms with Gasteiger partial charge in [-0.15, -0.1) is 11.3 Å². The number of aryl methyl sites for hydroxylation is 1. The van der Waals surface area contributed by atoms with Crippen LogP contribution in [0.1, 0.15) is 17.0 Å². The lowest BCUT2D eigenvalue weighted by Crippen LogP contribution is -2.40. The van der Waals surface area contributed by atoms with Crippen LogP contribution in [-0.2, 0) is 12.8 Å². The third-order valence-corrected chi connectivity index (χ3v) is 5.87. The van der Waals surface area contributed by atoms with Crippen molar-refractivity contribution in [3.8, 4) is 11.5 Å². The van der Waals surface area contributed by atoms with Gasteiger partial charge in [0, 0.05) is 55.3 Å². The van der Waals surface area contributed by atoms with Crippen molar-refractivity contribution < 1.29 is 9.47 Å². The van der Waals surface area contributed by atoms with Crippen LogP contribution in [0.2, 0.25) is 0 Å². The molecular weight excluding hydrogens is 384 g/mol. The number of aromatic nitrogens is 1. The summed E-state index contributed by atoms with van der Waals surface area (Å²) in [6.45, 7) is 1.82. The lowest BCUT2D eigenvalue weighted by molar-refractivity contribution is 0.398. The first-order chi connectivity index (χ1) is 14.1. The molecule has 1 aromatic carbocycles. The van der Waals surface area contributed by atoms with Gasteiger partial charge in [-0.05, 0) is 36.8 Å². The van der Waals surface area contributed by atoms with E-state index in [9.17, 15) is 0 Å². The van der Waals surface area contributed by atoms with Crippen LogP contribution in [0.4, 0.5) is 0 Å². The number of methoxy groups -OCH3 is 2. The molecule has 0 aliphatic heterocycles. The number of fused-ring (bicyclic) bond motifs is 1. The van der Waals surface area contributed by atoms with E-state index in [4.69, 9.17) is 9.47 Å². The van der Waals surface area contributed by atoms with E-state index in [1.165, 1.54) is 10.6 Å². The first-order valence-electron chi connectivity index (χ1n) is 9.82. The molecule has 2 aromatic heterocycles. The fraction of sp³-hybridized carbons (Fsp3) is 0.409. The van der Waals surface area contributed by atoms with Crippen molar-refractivity contribution in [1.82, 2.24) is 15.2 Å². The summed E-state index contributed by atoms with van der Waals surface area (Å²) in [5, 5.41) is 6.67. The zero-order valence-electron chi connectivity index (χ0n) is 17.6. The molecule has 156 valence electrons. The maximum absolute atomic E-state index is 5.50. The Morgan fingerprint density at radius 3 is 2.76 bits per heavy atom. The van der Waals surface area contributed by atoms with Gasteiger partial charge in [-0.3, -0.25) is 4.99 Å². The lowest BCUT2D eigenvalue weighted by atomic mass is 10.2. The highest BCUT2D eigenvalue weighted by molar-refractivity contribution is 7.09.